The molecule has 0 spiro atoms. The molecule has 0 saturated carbocycles. The third-order valence-corrected chi connectivity index (χ3v) is 5.81. The number of rotatable bonds is 4. The summed E-state index contributed by atoms with van der Waals surface area (Å²) in [5, 5.41) is 4.02. The second-order valence-corrected chi connectivity index (χ2v) is 7.53. The molecule has 5 nitrogen and oxygen atoms in total. The molecule has 1 amide bonds. The summed E-state index contributed by atoms with van der Waals surface area (Å²) in [6.07, 6.45) is 0.835. The van der Waals surface area contributed by atoms with Gasteiger partial charge in [-0.25, -0.2) is 4.98 Å². The lowest BCUT2D eigenvalue weighted by Gasteiger charge is -2.22. The van der Waals surface area contributed by atoms with E-state index in [1.165, 1.54) is 11.3 Å². The van der Waals surface area contributed by atoms with Crippen LogP contribution in [0.1, 0.15) is 45.8 Å². The fourth-order valence-corrected chi connectivity index (χ4v) is 4.14. The van der Waals surface area contributed by atoms with Crippen molar-refractivity contribution in [3.05, 3.63) is 37.7 Å². The Labute approximate surface area is 153 Å². The molecule has 7 heteroatoms. The number of aromatic nitrogens is 1. The van der Waals surface area contributed by atoms with Crippen molar-refractivity contribution in [1.29, 1.82) is 0 Å². The Balaban J connectivity index is 1.80. The molecular formula is C17H19BrN2O3S. The molecular weight excluding hydrogens is 392 g/mol. The van der Waals surface area contributed by atoms with Gasteiger partial charge in [-0.3, -0.25) is 4.79 Å². The highest BCUT2D eigenvalue weighted by Crippen LogP contribution is 2.37. The molecule has 0 saturated heterocycles. The molecule has 1 unspecified atom stereocenters. The van der Waals surface area contributed by atoms with E-state index in [0.717, 1.165) is 32.9 Å². The van der Waals surface area contributed by atoms with Crippen LogP contribution in [0.4, 0.5) is 0 Å². The van der Waals surface area contributed by atoms with E-state index in [0.29, 0.717) is 23.8 Å². The van der Waals surface area contributed by atoms with Crippen molar-refractivity contribution >= 4 is 33.2 Å². The third kappa shape index (κ3) is 3.42. The van der Waals surface area contributed by atoms with Crippen LogP contribution in [0, 0.1) is 6.92 Å². The number of amides is 1. The van der Waals surface area contributed by atoms with Gasteiger partial charge in [0.15, 0.2) is 11.5 Å². The molecule has 2 aromatic rings. The van der Waals surface area contributed by atoms with Crippen LogP contribution in [0.25, 0.3) is 0 Å². The zero-order chi connectivity index (χ0) is 17.3. The summed E-state index contributed by atoms with van der Waals surface area (Å²) in [6.45, 7) is 6.94. The maximum atomic E-state index is 12.6. The predicted molar refractivity (Wildman–Crippen MR) is 97.2 cm³/mol. The number of halogens is 1. The number of nitrogens with zero attached hydrogens (tertiary/aromatic N) is 1. The van der Waals surface area contributed by atoms with E-state index in [1.54, 1.807) is 0 Å². The van der Waals surface area contributed by atoms with Crippen molar-refractivity contribution < 1.29 is 14.3 Å². The molecule has 0 aliphatic carbocycles. The van der Waals surface area contributed by atoms with Gasteiger partial charge in [0.05, 0.1) is 16.7 Å². The quantitative estimate of drug-likeness (QED) is 0.825. The van der Waals surface area contributed by atoms with Crippen molar-refractivity contribution in [2.45, 2.75) is 33.2 Å². The molecule has 128 valence electrons. The van der Waals surface area contributed by atoms with Crippen molar-refractivity contribution in [1.82, 2.24) is 10.3 Å². The first-order valence-electron chi connectivity index (χ1n) is 7.85. The van der Waals surface area contributed by atoms with E-state index in [9.17, 15) is 4.79 Å². The monoisotopic (exact) mass is 410 g/mol. The first kappa shape index (κ1) is 17.2. The average molecular weight is 411 g/mol. The smallest absolute Gasteiger partial charge is 0.263 e. The molecule has 1 aliphatic heterocycles. The Bertz CT molecular complexity index is 775. The van der Waals surface area contributed by atoms with Crippen LogP contribution < -0.4 is 14.8 Å². The van der Waals surface area contributed by atoms with Crippen LogP contribution in [-0.4, -0.2) is 24.1 Å². The number of aryl methyl sites for hydroxylation is 2. The number of ether oxygens (including phenoxy) is 2. The molecule has 1 aliphatic rings. The van der Waals surface area contributed by atoms with Gasteiger partial charge < -0.3 is 14.8 Å². The van der Waals surface area contributed by atoms with Gasteiger partial charge in [0, 0.05) is 4.47 Å². The average Bonchev–Trinajstić information content (AvgIpc) is 2.95. The summed E-state index contributed by atoms with van der Waals surface area (Å²) in [4.78, 5) is 17.7. The van der Waals surface area contributed by atoms with Gasteiger partial charge in [0.1, 0.15) is 18.1 Å². The number of hydrogen-bond acceptors (Lipinski definition) is 5. The molecule has 1 aromatic heterocycles. The maximum Gasteiger partial charge on any atom is 0.263 e. The van der Waals surface area contributed by atoms with Crippen LogP contribution >= 0.6 is 27.3 Å². The molecule has 1 N–H and O–H groups in total. The summed E-state index contributed by atoms with van der Waals surface area (Å²) in [5.74, 6) is 1.34. The fourth-order valence-electron chi connectivity index (χ4n) is 2.57. The first-order chi connectivity index (χ1) is 11.5. The Morgan fingerprint density at radius 2 is 2.04 bits per heavy atom. The largest absolute Gasteiger partial charge is 0.486 e. The summed E-state index contributed by atoms with van der Waals surface area (Å²) >= 11 is 5.01. The topological polar surface area (TPSA) is 60.5 Å². The number of benzene rings is 1. The van der Waals surface area contributed by atoms with Crippen molar-refractivity contribution in [3.63, 3.8) is 0 Å². The van der Waals surface area contributed by atoms with Gasteiger partial charge in [0.25, 0.3) is 5.91 Å². The van der Waals surface area contributed by atoms with Crippen molar-refractivity contribution in [3.8, 4) is 11.5 Å². The SMILES string of the molecule is CCc1nc(C)c(C(=O)NC(C)c2cc3c(cc2Br)OCCO3)s1. The molecule has 0 fully saturated rings. The maximum absolute atomic E-state index is 12.6. The lowest BCUT2D eigenvalue weighted by molar-refractivity contribution is 0.0943. The van der Waals surface area contributed by atoms with Gasteiger partial charge in [0.2, 0.25) is 0 Å². The van der Waals surface area contributed by atoms with Crippen LogP contribution in [0.5, 0.6) is 11.5 Å². The third-order valence-electron chi connectivity index (χ3n) is 3.83. The number of carbonyl (C=O) groups excluding carboxylic acids is 1. The zero-order valence-electron chi connectivity index (χ0n) is 13.8. The highest BCUT2D eigenvalue weighted by molar-refractivity contribution is 9.10. The van der Waals surface area contributed by atoms with E-state index < -0.39 is 0 Å². The lowest BCUT2D eigenvalue weighted by atomic mass is 10.1. The Morgan fingerprint density at radius 1 is 1.38 bits per heavy atom. The van der Waals surface area contributed by atoms with E-state index in [-0.39, 0.29) is 11.9 Å². The Morgan fingerprint density at radius 3 is 2.67 bits per heavy atom. The number of fused-ring (bicyclic) bond motifs is 1. The highest BCUT2D eigenvalue weighted by Gasteiger charge is 2.21. The summed E-state index contributed by atoms with van der Waals surface area (Å²) in [7, 11) is 0. The van der Waals surface area contributed by atoms with E-state index >= 15 is 0 Å². The normalized spacial score (nSPS) is 14.3. The van der Waals surface area contributed by atoms with Crippen LogP contribution in [0.3, 0.4) is 0 Å². The fraction of sp³-hybridized carbons (Fsp3) is 0.412. The van der Waals surface area contributed by atoms with Gasteiger partial charge >= 0.3 is 0 Å². The minimum Gasteiger partial charge on any atom is -0.486 e. The summed E-state index contributed by atoms with van der Waals surface area (Å²) in [6, 6.07) is 3.63. The van der Waals surface area contributed by atoms with Gasteiger partial charge in [-0.05, 0) is 38.0 Å². The Hall–Kier alpha value is -1.60. The van der Waals surface area contributed by atoms with Crippen LogP contribution in [-0.2, 0) is 6.42 Å². The lowest BCUT2D eigenvalue weighted by Crippen LogP contribution is -2.27. The minimum atomic E-state index is -0.172. The van der Waals surface area contributed by atoms with Gasteiger partial charge in [-0.1, -0.05) is 22.9 Å². The number of carbonyl (C=O) groups is 1. The molecule has 2 heterocycles. The number of nitrogens with one attached hydrogen (secondary N) is 1. The van der Waals surface area contributed by atoms with E-state index in [4.69, 9.17) is 9.47 Å². The predicted octanol–water partition coefficient (Wildman–Crippen LogP) is 4.04. The number of hydrogen-bond donors (Lipinski definition) is 1. The number of thiazole rings is 1. The summed E-state index contributed by atoms with van der Waals surface area (Å²) in [5.41, 5.74) is 1.73. The van der Waals surface area contributed by atoms with Crippen molar-refractivity contribution in [2.75, 3.05) is 13.2 Å². The van der Waals surface area contributed by atoms with E-state index in [2.05, 4.69) is 26.2 Å². The van der Waals surface area contributed by atoms with Crippen LogP contribution in [0.2, 0.25) is 0 Å². The van der Waals surface area contributed by atoms with Crippen molar-refractivity contribution in [2.24, 2.45) is 0 Å². The molecule has 0 bridgehead atoms. The first-order valence-corrected chi connectivity index (χ1v) is 9.46. The second kappa shape index (κ2) is 7.11. The highest BCUT2D eigenvalue weighted by atomic mass is 79.9. The second-order valence-electron chi connectivity index (χ2n) is 5.59. The molecule has 3 rings (SSSR count). The molecule has 24 heavy (non-hydrogen) atoms. The Kier molecular flexibility index (Phi) is 5.10. The molecule has 1 atom stereocenters. The molecule has 1 aromatic carbocycles. The zero-order valence-corrected chi connectivity index (χ0v) is 16.2. The minimum absolute atomic E-state index is 0.0982. The van der Waals surface area contributed by atoms with Gasteiger partial charge in [-0.2, -0.15) is 0 Å². The van der Waals surface area contributed by atoms with Gasteiger partial charge in [-0.15, -0.1) is 11.3 Å². The standard InChI is InChI=1S/C17H19BrN2O3S/c1-4-15-19-10(3)16(24-15)17(21)20-9(2)11-7-13-14(8-12(11)18)23-6-5-22-13/h7-9H,4-6H2,1-3H3,(H,20,21). The molecule has 0 radical (unpaired) electrons. The summed E-state index contributed by atoms with van der Waals surface area (Å²) < 4.78 is 12.1. The van der Waals surface area contributed by atoms with E-state index in [1.807, 2.05) is 32.9 Å². The van der Waals surface area contributed by atoms with Crippen LogP contribution in [0.15, 0.2) is 16.6 Å².